The van der Waals surface area contributed by atoms with Gasteiger partial charge in [-0.2, -0.15) is 14.0 Å². The Morgan fingerprint density at radius 2 is 0.667 bits per heavy atom. The number of nitrogens with zero attached hydrogens (tertiary/aromatic N) is 3. The Bertz CT molecular complexity index is 456. The zero-order valence-electron chi connectivity index (χ0n) is 14.5. The van der Waals surface area contributed by atoms with Crippen LogP contribution in [0.1, 0.15) is 0 Å². The van der Waals surface area contributed by atoms with Crippen molar-refractivity contribution in [2.24, 2.45) is 0 Å². The average molecular weight is 411 g/mol. The van der Waals surface area contributed by atoms with Gasteiger partial charge in [-0.1, -0.05) is 0 Å². The van der Waals surface area contributed by atoms with Crippen LogP contribution >= 0.6 is 23.2 Å². The van der Waals surface area contributed by atoms with Crippen molar-refractivity contribution in [3.8, 4) is 0 Å². The Balaban J connectivity index is 3.28. The molecule has 1 heterocycles. The molecule has 1 saturated heterocycles. The Kier molecular flexibility index (Phi) is 8.22. The minimum Gasteiger partial charge on any atom is -0.300 e. The van der Waals surface area contributed by atoms with Gasteiger partial charge >= 0.3 is 23.2 Å². The highest BCUT2D eigenvalue weighted by Crippen LogP contribution is 2.61. The summed E-state index contributed by atoms with van der Waals surface area (Å²) < 4.78 is 71.3. The Hall–Kier alpha value is 0.330. The third-order valence-electron chi connectivity index (χ3n) is 3.40. The maximum atomic E-state index is 12.7. The van der Waals surface area contributed by atoms with Crippen LogP contribution in [0.2, 0.25) is 0 Å². The van der Waals surface area contributed by atoms with Crippen molar-refractivity contribution in [3.05, 3.63) is 0 Å². The fourth-order valence-electron chi connectivity index (χ4n) is 2.08. The van der Waals surface area contributed by atoms with Crippen LogP contribution in [0.3, 0.4) is 0 Å². The monoisotopic (exact) mass is 411 g/mol. The summed E-state index contributed by atoms with van der Waals surface area (Å²) >= 11 is 0. The minimum atomic E-state index is -3.73. The van der Waals surface area contributed by atoms with Crippen LogP contribution < -0.4 is 0 Å². The van der Waals surface area contributed by atoms with Crippen molar-refractivity contribution < 1.29 is 40.8 Å². The van der Waals surface area contributed by atoms with E-state index in [0.29, 0.717) is 0 Å². The fraction of sp³-hybridized carbons (Fsp3) is 1.00. The normalized spacial score (nSPS) is 19.8. The van der Waals surface area contributed by atoms with Crippen LogP contribution in [-0.2, 0) is 40.8 Å². The average Bonchev–Trinajstić information content (AvgIpc) is 2.65. The third-order valence-corrected chi connectivity index (χ3v) is 9.01. The fourth-order valence-corrected chi connectivity index (χ4v) is 6.06. The van der Waals surface area contributed by atoms with Crippen molar-refractivity contribution in [3.63, 3.8) is 0 Å². The van der Waals surface area contributed by atoms with Gasteiger partial charge in [0.05, 0.1) is 20.0 Å². The van der Waals surface area contributed by atoms with E-state index in [4.69, 9.17) is 27.1 Å². The van der Waals surface area contributed by atoms with Gasteiger partial charge in [0.1, 0.15) is 0 Å². The first kappa shape index (κ1) is 22.4. The molecule has 1 aliphatic rings. The van der Waals surface area contributed by atoms with Gasteiger partial charge in [0.25, 0.3) is 0 Å². The van der Waals surface area contributed by atoms with Crippen molar-refractivity contribution in [1.29, 1.82) is 0 Å². The molecule has 1 fully saturated rings. The first-order valence-electron chi connectivity index (χ1n) is 6.59. The quantitative estimate of drug-likeness (QED) is 0.517. The van der Waals surface area contributed by atoms with E-state index >= 15 is 0 Å². The maximum absolute atomic E-state index is 12.7. The molecule has 12 nitrogen and oxygen atoms in total. The first-order chi connectivity index (χ1) is 11.2. The van der Waals surface area contributed by atoms with Crippen LogP contribution in [0, 0.1) is 0 Å². The third kappa shape index (κ3) is 4.35. The number of hydrogen-bond acceptors (Lipinski definition) is 9. The molecule has 0 radical (unpaired) electrons. The second-order valence-electron chi connectivity index (χ2n) is 4.44. The summed E-state index contributed by atoms with van der Waals surface area (Å²) in [7, 11) is -3.98. The Morgan fingerprint density at radius 3 is 0.792 bits per heavy atom. The van der Waals surface area contributed by atoms with E-state index in [9.17, 15) is 13.7 Å². The van der Waals surface area contributed by atoms with Crippen molar-refractivity contribution >= 4 is 23.2 Å². The second-order valence-corrected chi connectivity index (χ2v) is 11.1. The topological polar surface area (TPSA) is 116 Å². The summed E-state index contributed by atoms with van der Waals surface area (Å²) in [5.41, 5.74) is 0. The highest BCUT2D eigenvalue weighted by atomic mass is 31.2. The second kappa shape index (κ2) is 8.81. The van der Waals surface area contributed by atoms with Crippen molar-refractivity contribution in [2.75, 3.05) is 62.7 Å². The molecular weight excluding hydrogens is 387 g/mol. The van der Waals surface area contributed by atoms with Gasteiger partial charge in [-0.3, -0.25) is 27.1 Å². The molecule has 0 unspecified atom stereocenters. The molecule has 0 saturated carbocycles. The van der Waals surface area contributed by atoms with Crippen LogP contribution in [0.5, 0.6) is 0 Å². The summed E-state index contributed by atoms with van der Waals surface area (Å²) in [5.74, 6) is 0. The lowest BCUT2D eigenvalue weighted by Gasteiger charge is -2.44. The molecule has 1 aliphatic heterocycles. The Morgan fingerprint density at radius 1 is 0.500 bits per heavy atom. The van der Waals surface area contributed by atoms with Gasteiger partial charge in [-0.25, -0.2) is 13.7 Å². The summed E-state index contributed by atoms with van der Waals surface area (Å²) in [6.45, 7) is -0.453. The molecule has 1 rings (SSSR count). The van der Waals surface area contributed by atoms with Crippen LogP contribution in [-0.4, -0.2) is 76.7 Å². The highest BCUT2D eigenvalue weighted by Gasteiger charge is 2.48. The van der Waals surface area contributed by atoms with Gasteiger partial charge in [-0.05, 0) is 0 Å². The van der Waals surface area contributed by atoms with E-state index < -0.39 is 23.2 Å². The number of hydrogen-bond donors (Lipinski definition) is 0. The zero-order chi connectivity index (χ0) is 18.6. The van der Waals surface area contributed by atoms with Gasteiger partial charge in [0.15, 0.2) is 0 Å². The lowest BCUT2D eigenvalue weighted by Crippen LogP contribution is -2.51. The predicted octanol–water partition coefficient (Wildman–Crippen LogP) is 1.98. The molecule has 0 bridgehead atoms. The van der Waals surface area contributed by atoms with Gasteiger partial charge in [0.2, 0.25) is 0 Å². The highest BCUT2D eigenvalue weighted by molar-refractivity contribution is 7.53. The molecule has 144 valence electrons. The standard InChI is InChI=1S/C9H24N3O9P3/c1-16-22(13,17-2)10-7-11(23(14,18-3)19-4)9-12(8-10)24(15,20-5)21-6/h7-9H2,1-6H3. The zero-order valence-corrected chi connectivity index (χ0v) is 17.2. The first-order valence-corrected chi connectivity index (χ1v) is 11.1. The van der Waals surface area contributed by atoms with E-state index in [1.807, 2.05) is 0 Å². The molecule has 15 heteroatoms. The van der Waals surface area contributed by atoms with E-state index in [2.05, 4.69) is 0 Å². The van der Waals surface area contributed by atoms with Crippen LogP contribution in [0.4, 0.5) is 0 Å². The molecule has 24 heavy (non-hydrogen) atoms. The molecule has 0 atom stereocenters. The smallest absolute Gasteiger partial charge is 0.300 e. The van der Waals surface area contributed by atoms with Gasteiger partial charge in [0, 0.05) is 42.7 Å². The van der Waals surface area contributed by atoms with Gasteiger partial charge < -0.3 is 0 Å². The number of rotatable bonds is 9. The predicted molar refractivity (Wildman–Crippen MR) is 85.0 cm³/mol. The summed E-state index contributed by atoms with van der Waals surface area (Å²) in [6, 6.07) is 0. The van der Waals surface area contributed by atoms with E-state index in [0.717, 1.165) is 0 Å². The van der Waals surface area contributed by atoms with Gasteiger partial charge in [-0.15, -0.1) is 0 Å². The molecule has 0 amide bonds. The molecular formula is C9H24N3O9P3. The SMILES string of the molecule is COP(=O)(OC)N1CN(P(=O)(OC)OC)CN(P(=O)(OC)OC)C1. The van der Waals surface area contributed by atoms with Crippen LogP contribution in [0.25, 0.3) is 0 Å². The van der Waals surface area contributed by atoms with Crippen molar-refractivity contribution in [1.82, 2.24) is 14.0 Å². The molecule has 0 spiro atoms. The maximum Gasteiger partial charge on any atom is 0.409 e. The largest absolute Gasteiger partial charge is 0.409 e. The molecule has 0 aromatic heterocycles. The van der Waals surface area contributed by atoms with E-state index in [-0.39, 0.29) is 20.0 Å². The molecule has 0 N–H and O–H groups in total. The lowest BCUT2D eigenvalue weighted by molar-refractivity contribution is 0.0453. The lowest BCUT2D eigenvalue weighted by atomic mass is 10.8. The minimum absolute atomic E-state index is 0.151. The molecule has 0 aromatic carbocycles. The van der Waals surface area contributed by atoms with E-state index in [1.165, 1.54) is 56.7 Å². The molecule has 0 aliphatic carbocycles. The molecule has 0 aromatic rings. The van der Waals surface area contributed by atoms with Crippen molar-refractivity contribution in [2.45, 2.75) is 0 Å². The Labute approximate surface area is 141 Å². The summed E-state index contributed by atoms with van der Waals surface area (Å²) in [5, 5.41) is 0. The summed E-state index contributed by atoms with van der Waals surface area (Å²) in [4.78, 5) is 0. The summed E-state index contributed by atoms with van der Waals surface area (Å²) in [6.07, 6.45) is 0. The van der Waals surface area contributed by atoms with Crippen LogP contribution in [0.15, 0.2) is 0 Å². The van der Waals surface area contributed by atoms with E-state index in [1.54, 1.807) is 0 Å².